The Kier molecular flexibility index (Phi) is 5.95. The number of benzene rings is 1. The summed E-state index contributed by atoms with van der Waals surface area (Å²) in [5.74, 6) is -0.296. The highest BCUT2D eigenvalue weighted by Crippen LogP contribution is 2.18. The number of carbonyl (C=O) groups is 2. The third-order valence-corrected chi connectivity index (χ3v) is 6.05. The molecule has 8 heteroatoms. The third kappa shape index (κ3) is 4.12. The van der Waals surface area contributed by atoms with Crippen molar-refractivity contribution in [3.63, 3.8) is 0 Å². The van der Waals surface area contributed by atoms with E-state index in [-0.39, 0.29) is 23.3 Å². The van der Waals surface area contributed by atoms with E-state index in [1.165, 1.54) is 21.3 Å². The fourth-order valence-electron chi connectivity index (χ4n) is 2.67. The van der Waals surface area contributed by atoms with Crippen LogP contribution in [0.3, 0.4) is 0 Å². The summed E-state index contributed by atoms with van der Waals surface area (Å²) in [4.78, 5) is 25.2. The zero-order chi connectivity index (χ0) is 17.7. The Balaban J connectivity index is 2.01. The van der Waals surface area contributed by atoms with Crippen molar-refractivity contribution >= 4 is 27.5 Å². The number of anilines is 1. The monoisotopic (exact) mass is 353 g/mol. The number of sulfonamides is 1. The molecule has 1 aromatic carbocycles. The minimum absolute atomic E-state index is 0.00851. The van der Waals surface area contributed by atoms with Crippen LogP contribution in [0.2, 0.25) is 0 Å². The van der Waals surface area contributed by atoms with Crippen molar-refractivity contribution in [1.82, 2.24) is 9.21 Å². The van der Waals surface area contributed by atoms with Crippen molar-refractivity contribution in [2.75, 3.05) is 31.5 Å². The molecule has 0 saturated carbocycles. The lowest BCUT2D eigenvalue weighted by Gasteiger charge is -2.18. The normalized spacial score (nSPS) is 15.1. The van der Waals surface area contributed by atoms with Crippen LogP contribution in [0.5, 0.6) is 0 Å². The van der Waals surface area contributed by atoms with Crippen LogP contribution in [-0.4, -0.2) is 55.6 Å². The molecular weight excluding hydrogens is 330 g/mol. The maximum atomic E-state index is 12.4. The summed E-state index contributed by atoms with van der Waals surface area (Å²) >= 11 is 0. The van der Waals surface area contributed by atoms with Crippen LogP contribution in [-0.2, 0) is 19.6 Å². The molecule has 1 saturated heterocycles. The first-order valence-electron chi connectivity index (χ1n) is 8.06. The molecule has 0 bridgehead atoms. The van der Waals surface area contributed by atoms with E-state index < -0.39 is 10.0 Å². The van der Waals surface area contributed by atoms with Gasteiger partial charge in [0.2, 0.25) is 21.8 Å². The van der Waals surface area contributed by atoms with Gasteiger partial charge in [-0.05, 0) is 30.7 Å². The van der Waals surface area contributed by atoms with Gasteiger partial charge in [0.15, 0.2) is 0 Å². The summed E-state index contributed by atoms with van der Waals surface area (Å²) in [7, 11) is -3.50. The molecule has 0 aliphatic carbocycles. The Bertz CT molecular complexity index is 697. The van der Waals surface area contributed by atoms with Crippen molar-refractivity contribution in [3.8, 4) is 0 Å². The van der Waals surface area contributed by atoms with E-state index in [0.717, 1.165) is 6.42 Å². The maximum absolute atomic E-state index is 12.4. The predicted molar refractivity (Wildman–Crippen MR) is 91.0 cm³/mol. The molecule has 1 aliphatic rings. The van der Waals surface area contributed by atoms with E-state index in [4.69, 9.17) is 0 Å². The Labute approximate surface area is 142 Å². The summed E-state index contributed by atoms with van der Waals surface area (Å²) in [6, 6.07) is 6.06. The lowest BCUT2D eigenvalue weighted by Crippen LogP contribution is -2.34. The Hall–Kier alpha value is -1.93. The zero-order valence-corrected chi connectivity index (χ0v) is 14.8. The van der Waals surface area contributed by atoms with Gasteiger partial charge in [0, 0.05) is 31.7 Å². The summed E-state index contributed by atoms with van der Waals surface area (Å²) in [5, 5.41) is 2.68. The Morgan fingerprint density at radius 2 is 1.83 bits per heavy atom. The van der Waals surface area contributed by atoms with Crippen LogP contribution in [0.1, 0.15) is 26.7 Å². The Morgan fingerprint density at radius 1 is 1.21 bits per heavy atom. The highest BCUT2D eigenvalue weighted by Gasteiger charge is 2.23. The molecule has 0 spiro atoms. The smallest absolute Gasteiger partial charge is 0.243 e. The van der Waals surface area contributed by atoms with E-state index >= 15 is 0 Å². The number of rotatable bonds is 7. The SMILES string of the molecule is CCN(CC)S(=O)(=O)c1ccc(NC(=O)CN2CCCC2=O)cc1. The minimum Gasteiger partial charge on any atom is -0.333 e. The number of hydrogen-bond donors (Lipinski definition) is 1. The van der Waals surface area contributed by atoms with Crippen LogP contribution >= 0.6 is 0 Å². The van der Waals surface area contributed by atoms with E-state index in [1.807, 2.05) is 0 Å². The van der Waals surface area contributed by atoms with Crippen LogP contribution in [0.4, 0.5) is 5.69 Å². The van der Waals surface area contributed by atoms with Crippen molar-refractivity contribution in [2.45, 2.75) is 31.6 Å². The molecule has 1 aliphatic heterocycles. The maximum Gasteiger partial charge on any atom is 0.243 e. The number of amides is 2. The minimum atomic E-state index is -3.50. The summed E-state index contributed by atoms with van der Waals surface area (Å²) in [6.45, 7) is 5.01. The molecule has 2 rings (SSSR count). The molecular formula is C16H23N3O4S. The van der Waals surface area contributed by atoms with E-state index in [0.29, 0.717) is 31.7 Å². The Morgan fingerprint density at radius 3 is 2.33 bits per heavy atom. The quantitative estimate of drug-likeness (QED) is 0.800. The van der Waals surface area contributed by atoms with Gasteiger partial charge >= 0.3 is 0 Å². The van der Waals surface area contributed by atoms with Gasteiger partial charge in [-0.2, -0.15) is 4.31 Å². The van der Waals surface area contributed by atoms with E-state index in [9.17, 15) is 18.0 Å². The number of carbonyl (C=O) groups excluding carboxylic acids is 2. The fourth-order valence-corrected chi connectivity index (χ4v) is 4.13. The van der Waals surface area contributed by atoms with Gasteiger partial charge in [-0.25, -0.2) is 8.42 Å². The van der Waals surface area contributed by atoms with Crippen molar-refractivity contribution in [2.24, 2.45) is 0 Å². The predicted octanol–water partition coefficient (Wildman–Crippen LogP) is 1.28. The first-order valence-corrected chi connectivity index (χ1v) is 9.50. The number of nitrogens with one attached hydrogen (secondary N) is 1. The van der Waals surface area contributed by atoms with Gasteiger partial charge in [-0.15, -0.1) is 0 Å². The average Bonchev–Trinajstić information content (AvgIpc) is 2.93. The molecule has 7 nitrogen and oxygen atoms in total. The second-order valence-electron chi connectivity index (χ2n) is 5.58. The van der Waals surface area contributed by atoms with Gasteiger partial charge in [0.05, 0.1) is 11.4 Å². The lowest BCUT2D eigenvalue weighted by molar-refractivity contribution is -0.131. The molecule has 0 unspecified atom stereocenters. The van der Waals surface area contributed by atoms with E-state index in [1.54, 1.807) is 26.0 Å². The van der Waals surface area contributed by atoms with Gasteiger partial charge in [-0.1, -0.05) is 13.8 Å². The second-order valence-corrected chi connectivity index (χ2v) is 7.52. The third-order valence-electron chi connectivity index (χ3n) is 3.99. The molecule has 0 aromatic heterocycles. The summed E-state index contributed by atoms with van der Waals surface area (Å²) < 4.78 is 26.2. The number of hydrogen-bond acceptors (Lipinski definition) is 4. The van der Waals surface area contributed by atoms with Crippen LogP contribution < -0.4 is 5.32 Å². The van der Waals surface area contributed by atoms with E-state index in [2.05, 4.69) is 5.32 Å². The lowest BCUT2D eigenvalue weighted by atomic mass is 10.3. The molecule has 132 valence electrons. The van der Waals surface area contributed by atoms with Gasteiger partial charge in [-0.3, -0.25) is 9.59 Å². The molecule has 1 N–H and O–H groups in total. The molecule has 0 atom stereocenters. The van der Waals surface area contributed by atoms with Crippen molar-refractivity contribution in [1.29, 1.82) is 0 Å². The average molecular weight is 353 g/mol. The van der Waals surface area contributed by atoms with Crippen LogP contribution in [0, 0.1) is 0 Å². The molecule has 24 heavy (non-hydrogen) atoms. The standard InChI is InChI=1S/C16H23N3O4S/c1-3-19(4-2)24(22,23)14-9-7-13(8-10-14)17-15(20)12-18-11-5-6-16(18)21/h7-10H,3-6,11-12H2,1-2H3,(H,17,20). The fraction of sp³-hybridized carbons (Fsp3) is 0.500. The van der Waals surface area contributed by atoms with Gasteiger partial charge < -0.3 is 10.2 Å². The summed E-state index contributed by atoms with van der Waals surface area (Å²) in [6.07, 6.45) is 1.27. The molecule has 2 amide bonds. The van der Waals surface area contributed by atoms with Gasteiger partial charge in [0.25, 0.3) is 0 Å². The summed E-state index contributed by atoms with van der Waals surface area (Å²) in [5.41, 5.74) is 0.505. The van der Waals surface area contributed by atoms with Crippen LogP contribution in [0.25, 0.3) is 0 Å². The largest absolute Gasteiger partial charge is 0.333 e. The molecule has 1 heterocycles. The topological polar surface area (TPSA) is 86.8 Å². The molecule has 1 fully saturated rings. The number of likely N-dealkylation sites (tertiary alicyclic amines) is 1. The first-order chi connectivity index (χ1) is 11.4. The molecule has 0 radical (unpaired) electrons. The zero-order valence-electron chi connectivity index (χ0n) is 14.0. The molecule has 1 aromatic rings. The highest BCUT2D eigenvalue weighted by atomic mass is 32.2. The van der Waals surface area contributed by atoms with Crippen LogP contribution in [0.15, 0.2) is 29.2 Å². The second kappa shape index (κ2) is 7.76. The first kappa shape index (κ1) is 18.4. The highest BCUT2D eigenvalue weighted by molar-refractivity contribution is 7.89. The van der Waals surface area contributed by atoms with Crippen molar-refractivity contribution in [3.05, 3.63) is 24.3 Å². The van der Waals surface area contributed by atoms with Gasteiger partial charge in [0.1, 0.15) is 0 Å². The van der Waals surface area contributed by atoms with Crippen molar-refractivity contribution < 1.29 is 18.0 Å². The number of nitrogens with zero attached hydrogens (tertiary/aromatic N) is 2.